The minimum atomic E-state index is -0.366. The first-order chi connectivity index (χ1) is 7.82. The number of nitrogens with one attached hydrogen (secondary N) is 1. The van der Waals surface area contributed by atoms with Crippen LogP contribution >= 0.6 is 34.5 Å². The molecule has 6 heteroatoms. The molecule has 0 bridgehead atoms. The van der Waals surface area contributed by atoms with Crippen LogP contribution in [0, 0.1) is 5.41 Å². The van der Waals surface area contributed by atoms with Gasteiger partial charge in [0.25, 0.3) is 5.91 Å². The van der Waals surface area contributed by atoms with Crippen LogP contribution in [0.3, 0.4) is 0 Å². The highest BCUT2D eigenvalue weighted by Gasteiger charge is 2.48. The van der Waals surface area contributed by atoms with Crippen molar-refractivity contribution in [3.8, 4) is 0 Å². The second kappa shape index (κ2) is 4.43. The maximum Gasteiger partial charge on any atom is 0.253 e. The highest BCUT2D eigenvalue weighted by atomic mass is 35.5. The van der Waals surface area contributed by atoms with Crippen molar-refractivity contribution in [1.82, 2.24) is 5.32 Å². The molecule has 0 saturated heterocycles. The maximum absolute atomic E-state index is 11.9. The van der Waals surface area contributed by atoms with E-state index in [-0.39, 0.29) is 23.5 Å². The van der Waals surface area contributed by atoms with Crippen LogP contribution in [0.5, 0.6) is 0 Å². The van der Waals surface area contributed by atoms with E-state index in [1.165, 1.54) is 11.3 Å². The van der Waals surface area contributed by atoms with Crippen molar-refractivity contribution in [1.29, 1.82) is 0 Å². The van der Waals surface area contributed by atoms with Gasteiger partial charge < -0.3 is 10.4 Å². The molecule has 1 heterocycles. The minimum absolute atomic E-state index is 0.0280. The summed E-state index contributed by atoms with van der Waals surface area (Å²) in [4.78, 5) is 11.9. The van der Waals surface area contributed by atoms with Crippen LogP contribution in [0.1, 0.15) is 30.6 Å². The number of rotatable bonds is 2. The Morgan fingerprint density at radius 3 is 2.65 bits per heavy atom. The summed E-state index contributed by atoms with van der Waals surface area (Å²) in [5, 5.41) is 12.5. The fourth-order valence-electron chi connectivity index (χ4n) is 1.88. The van der Waals surface area contributed by atoms with E-state index < -0.39 is 0 Å². The van der Waals surface area contributed by atoms with Crippen molar-refractivity contribution in [2.45, 2.75) is 32.4 Å². The van der Waals surface area contributed by atoms with E-state index in [0.29, 0.717) is 20.7 Å². The summed E-state index contributed by atoms with van der Waals surface area (Å²) >= 11 is 12.9. The van der Waals surface area contributed by atoms with Gasteiger partial charge in [0.2, 0.25) is 0 Å². The minimum Gasteiger partial charge on any atom is -0.392 e. The molecule has 0 spiro atoms. The lowest BCUT2D eigenvalue weighted by Crippen LogP contribution is -2.61. The van der Waals surface area contributed by atoms with Gasteiger partial charge in [0.1, 0.15) is 4.34 Å². The van der Waals surface area contributed by atoms with Gasteiger partial charge in [0, 0.05) is 11.5 Å². The van der Waals surface area contributed by atoms with Crippen LogP contribution in [0.25, 0.3) is 0 Å². The number of aliphatic hydroxyl groups excluding tert-OH is 1. The van der Waals surface area contributed by atoms with Gasteiger partial charge in [0.15, 0.2) is 0 Å². The van der Waals surface area contributed by atoms with Gasteiger partial charge in [-0.15, -0.1) is 11.3 Å². The molecule has 1 fully saturated rings. The number of thiophene rings is 1. The van der Waals surface area contributed by atoms with E-state index in [1.807, 2.05) is 13.8 Å². The van der Waals surface area contributed by atoms with E-state index in [9.17, 15) is 9.90 Å². The van der Waals surface area contributed by atoms with Gasteiger partial charge in [-0.3, -0.25) is 4.79 Å². The highest BCUT2D eigenvalue weighted by Crippen LogP contribution is 2.41. The fraction of sp³-hybridized carbons (Fsp3) is 0.545. The van der Waals surface area contributed by atoms with E-state index in [0.717, 1.165) is 0 Å². The number of aliphatic hydroxyl groups is 1. The lowest BCUT2D eigenvalue weighted by Gasteiger charge is -2.49. The van der Waals surface area contributed by atoms with E-state index >= 15 is 0 Å². The molecule has 17 heavy (non-hydrogen) atoms. The van der Waals surface area contributed by atoms with Crippen molar-refractivity contribution < 1.29 is 9.90 Å². The van der Waals surface area contributed by atoms with Crippen molar-refractivity contribution in [3.05, 3.63) is 20.3 Å². The molecule has 1 saturated carbocycles. The Balaban J connectivity index is 2.06. The Bertz CT molecular complexity index is 458. The van der Waals surface area contributed by atoms with Crippen molar-refractivity contribution in [2.75, 3.05) is 0 Å². The third-order valence-corrected chi connectivity index (χ3v) is 4.91. The van der Waals surface area contributed by atoms with Crippen molar-refractivity contribution in [2.24, 2.45) is 5.41 Å². The van der Waals surface area contributed by atoms with Crippen LogP contribution in [0.2, 0.25) is 8.67 Å². The quantitative estimate of drug-likeness (QED) is 0.881. The standard InChI is InChI=1S/C11H13Cl2NO2S/c1-11(2)6(4-7(11)15)14-10(16)5-3-8(12)17-9(5)13/h3,6-7,15H,4H2,1-2H3,(H,14,16). The maximum atomic E-state index is 11.9. The molecule has 1 amide bonds. The number of amides is 1. The lowest BCUT2D eigenvalue weighted by atomic mass is 9.64. The van der Waals surface area contributed by atoms with Gasteiger partial charge in [-0.2, -0.15) is 0 Å². The lowest BCUT2D eigenvalue weighted by molar-refractivity contribution is -0.0689. The first kappa shape index (κ1) is 13.1. The normalized spacial score (nSPS) is 26.4. The number of carbonyl (C=O) groups excluding carboxylic acids is 1. The topological polar surface area (TPSA) is 49.3 Å². The van der Waals surface area contributed by atoms with Crippen molar-refractivity contribution in [3.63, 3.8) is 0 Å². The third kappa shape index (κ3) is 2.32. The average Bonchev–Trinajstić information content (AvgIpc) is 2.57. The molecule has 2 unspecified atom stereocenters. The SMILES string of the molecule is CC1(C)C(O)CC1NC(=O)c1cc(Cl)sc1Cl. The first-order valence-electron chi connectivity index (χ1n) is 5.26. The third-order valence-electron chi connectivity index (χ3n) is 3.42. The second-order valence-corrected chi connectivity index (χ2v) is 7.12. The molecule has 0 radical (unpaired) electrons. The molecular weight excluding hydrogens is 281 g/mol. The molecule has 2 atom stereocenters. The van der Waals surface area contributed by atoms with Gasteiger partial charge in [-0.25, -0.2) is 0 Å². The zero-order valence-electron chi connectivity index (χ0n) is 9.46. The summed E-state index contributed by atoms with van der Waals surface area (Å²) in [6.45, 7) is 3.85. The molecule has 1 aliphatic rings. The molecule has 1 aromatic heterocycles. The summed E-state index contributed by atoms with van der Waals surface area (Å²) < 4.78 is 0.887. The zero-order valence-corrected chi connectivity index (χ0v) is 11.8. The Morgan fingerprint density at radius 1 is 1.59 bits per heavy atom. The molecule has 3 nitrogen and oxygen atoms in total. The van der Waals surface area contributed by atoms with Gasteiger partial charge in [-0.1, -0.05) is 37.0 Å². The summed E-state index contributed by atoms with van der Waals surface area (Å²) in [5.74, 6) is -0.233. The zero-order chi connectivity index (χ0) is 12.8. The first-order valence-corrected chi connectivity index (χ1v) is 6.83. The average molecular weight is 294 g/mol. The molecule has 2 rings (SSSR count). The molecule has 2 N–H and O–H groups in total. The van der Waals surface area contributed by atoms with Crippen LogP contribution in [-0.2, 0) is 0 Å². The highest BCUT2D eigenvalue weighted by molar-refractivity contribution is 7.20. The molecule has 1 aromatic rings. The number of halogens is 2. The summed E-state index contributed by atoms with van der Waals surface area (Å²) in [7, 11) is 0. The van der Waals surface area contributed by atoms with Crippen LogP contribution in [0.15, 0.2) is 6.07 Å². The molecule has 94 valence electrons. The largest absolute Gasteiger partial charge is 0.392 e. The summed E-state index contributed by atoms with van der Waals surface area (Å²) in [6, 6.07) is 1.53. The Labute approximate surface area is 114 Å². The van der Waals surface area contributed by atoms with Crippen LogP contribution in [-0.4, -0.2) is 23.2 Å². The summed E-state index contributed by atoms with van der Waals surface area (Å²) in [6.07, 6.45) is 0.211. The predicted octanol–water partition coefficient (Wildman–Crippen LogP) is 2.94. The Kier molecular flexibility index (Phi) is 3.42. The van der Waals surface area contributed by atoms with E-state index in [2.05, 4.69) is 5.32 Å². The number of hydrogen-bond acceptors (Lipinski definition) is 3. The van der Waals surface area contributed by atoms with Crippen molar-refractivity contribution >= 4 is 40.4 Å². The van der Waals surface area contributed by atoms with Crippen LogP contribution < -0.4 is 5.32 Å². The second-order valence-electron chi connectivity index (χ2n) is 4.84. The number of hydrogen-bond donors (Lipinski definition) is 2. The Morgan fingerprint density at radius 2 is 2.24 bits per heavy atom. The molecule has 0 aromatic carbocycles. The molecular formula is C11H13Cl2NO2S. The van der Waals surface area contributed by atoms with Gasteiger partial charge >= 0.3 is 0 Å². The fourth-order valence-corrected chi connectivity index (χ4v) is 3.34. The predicted molar refractivity (Wildman–Crippen MR) is 70.0 cm³/mol. The van der Waals surface area contributed by atoms with Gasteiger partial charge in [-0.05, 0) is 12.5 Å². The molecule has 0 aliphatic heterocycles. The van der Waals surface area contributed by atoms with E-state index in [1.54, 1.807) is 6.07 Å². The monoisotopic (exact) mass is 293 g/mol. The molecule has 1 aliphatic carbocycles. The summed E-state index contributed by atoms with van der Waals surface area (Å²) in [5.41, 5.74) is 0.112. The Hall–Kier alpha value is -0.290. The van der Waals surface area contributed by atoms with Gasteiger partial charge in [0.05, 0.1) is 16.0 Å². The smallest absolute Gasteiger partial charge is 0.253 e. The van der Waals surface area contributed by atoms with E-state index in [4.69, 9.17) is 23.2 Å². The van der Waals surface area contributed by atoms with Crippen LogP contribution in [0.4, 0.5) is 0 Å². The number of carbonyl (C=O) groups is 1.